The second-order valence-corrected chi connectivity index (χ2v) is 5.49. The van der Waals surface area contributed by atoms with Crippen molar-refractivity contribution in [3.63, 3.8) is 0 Å². The van der Waals surface area contributed by atoms with Gasteiger partial charge in [-0.15, -0.1) is 11.3 Å². The highest BCUT2D eigenvalue weighted by Crippen LogP contribution is 2.28. The Morgan fingerprint density at radius 3 is 2.73 bits per heavy atom. The maximum atomic E-state index is 4.29. The van der Waals surface area contributed by atoms with Gasteiger partial charge in [-0.25, -0.2) is 4.98 Å². The van der Waals surface area contributed by atoms with Gasteiger partial charge in [-0.2, -0.15) is 0 Å². The van der Waals surface area contributed by atoms with Crippen LogP contribution in [-0.2, 0) is 6.42 Å². The minimum Gasteiger partial charge on any atom is -0.319 e. The number of nitrogens with one attached hydrogen (secondary N) is 1. The summed E-state index contributed by atoms with van der Waals surface area (Å²) in [6, 6.07) is 0. The lowest BCUT2D eigenvalue weighted by Gasteiger charge is -2.27. The molecule has 0 aromatic carbocycles. The van der Waals surface area contributed by atoms with Crippen LogP contribution in [0.5, 0.6) is 0 Å². The molecule has 0 saturated heterocycles. The molecule has 2 nitrogen and oxygen atoms in total. The lowest BCUT2D eigenvalue weighted by Crippen LogP contribution is -2.29. The molecule has 0 aliphatic heterocycles. The van der Waals surface area contributed by atoms with E-state index in [2.05, 4.69) is 31.1 Å². The van der Waals surface area contributed by atoms with E-state index in [4.69, 9.17) is 0 Å². The highest BCUT2D eigenvalue weighted by atomic mass is 32.1. The van der Waals surface area contributed by atoms with Crippen LogP contribution in [0.4, 0.5) is 0 Å². The first-order valence-electron chi connectivity index (χ1n) is 5.65. The minimum atomic E-state index is 0.422. The largest absolute Gasteiger partial charge is 0.319 e. The monoisotopic (exact) mass is 226 g/mol. The molecule has 0 radical (unpaired) electrons. The molecule has 0 amide bonds. The molecule has 3 heteroatoms. The van der Waals surface area contributed by atoms with Crippen molar-refractivity contribution in [1.82, 2.24) is 10.3 Å². The lowest BCUT2D eigenvalue weighted by atomic mass is 9.82. The summed E-state index contributed by atoms with van der Waals surface area (Å²) in [5, 5.41) is 3.29. The highest BCUT2D eigenvalue weighted by Gasteiger charge is 2.21. The fourth-order valence-electron chi connectivity index (χ4n) is 1.80. The summed E-state index contributed by atoms with van der Waals surface area (Å²) < 4.78 is 0. The normalized spacial score (nSPS) is 15.2. The van der Waals surface area contributed by atoms with Crippen LogP contribution in [0.15, 0.2) is 5.51 Å². The Kier molecular flexibility index (Phi) is 4.74. The molecule has 0 bridgehead atoms. The van der Waals surface area contributed by atoms with Crippen LogP contribution in [0.2, 0.25) is 0 Å². The second-order valence-electron chi connectivity index (χ2n) is 4.56. The van der Waals surface area contributed by atoms with Gasteiger partial charge in [0.2, 0.25) is 0 Å². The molecule has 0 saturated carbocycles. The molecule has 0 aliphatic rings. The summed E-state index contributed by atoms with van der Waals surface area (Å²) >= 11 is 1.79. The first kappa shape index (κ1) is 12.7. The highest BCUT2D eigenvalue weighted by molar-refractivity contribution is 7.09. The molecule has 1 heterocycles. The van der Waals surface area contributed by atoms with Gasteiger partial charge in [-0.05, 0) is 38.6 Å². The topological polar surface area (TPSA) is 24.9 Å². The third-order valence-electron chi connectivity index (χ3n) is 3.26. The first-order valence-corrected chi connectivity index (χ1v) is 6.53. The summed E-state index contributed by atoms with van der Waals surface area (Å²) in [4.78, 5) is 5.74. The number of aromatic nitrogens is 1. The van der Waals surface area contributed by atoms with Crippen LogP contribution < -0.4 is 5.32 Å². The molecule has 0 fully saturated rings. The molecule has 0 spiro atoms. The minimum absolute atomic E-state index is 0.422. The van der Waals surface area contributed by atoms with Crippen LogP contribution in [0, 0.1) is 12.3 Å². The second kappa shape index (κ2) is 5.61. The SMILES string of the molecule is CCC(C)(CCc1scnc1C)CNC. The smallest absolute Gasteiger partial charge is 0.0797 e. The van der Waals surface area contributed by atoms with E-state index in [1.165, 1.54) is 29.8 Å². The van der Waals surface area contributed by atoms with E-state index >= 15 is 0 Å². The maximum Gasteiger partial charge on any atom is 0.0797 e. The van der Waals surface area contributed by atoms with Crippen LogP contribution in [0.1, 0.15) is 37.3 Å². The Labute approximate surface area is 97.1 Å². The van der Waals surface area contributed by atoms with Crippen molar-refractivity contribution < 1.29 is 0 Å². The molecule has 1 aromatic heterocycles. The molecule has 0 aliphatic carbocycles. The van der Waals surface area contributed by atoms with E-state index in [-0.39, 0.29) is 0 Å². The molecule has 1 unspecified atom stereocenters. The molecule has 1 N–H and O–H groups in total. The summed E-state index contributed by atoms with van der Waals surface area (Å²) in [6.45, 7) is 7.84. The quantitative estimate of drug-likeness (QED) is 0.806. The fourth-order valence-corrected chi connectivity index (χ4v) is 2.58. The fraction of sp³-hybridized carbons (Fsp3) is 0.750. The van der Waals surface area contributed by atoms with Crippen molar-refractivity contribution in [2.75, 3.05) is 13.6 Å². The predicted octanol–water partition coefficient (Wildman–Crippen LogP) is 3.02. The van der Waals surface area contributed by atoms with Gasteiger partial charge in [0.15, 0.2) is 0 Å². The summed E-state index contributed by atoms with van der Waals surface area (Å²) in [6.07, 6.45) is 3.64. The van der Waals surface area contributed by atoms with Gasteiger partial charge in [0.1, 0.15) is 0 Å². The van der Waals surface area contributed by atoms with E-state index in [9.17, 15) is 0 Å². The maximum absolute atomic E-state index is 4.29. The van der Waals surface area contributed by atoms with Crippen molar-refractivity contribution in [3.8, 4) is 0 Å². The van der Waals surface area contributed by atoms with E-state index in [0.717, 1.165) is 6.54 Å². The molecule has 86 valence electrons. The molecule has 15 heavy (non-hydrogen) atoms. The van der Waals surface area contributed by atoms with Gasteiger partial charge < -0.3 is 5.32 Å². The number of hydrogen-bond acceptors (Lipinski definition) is 3. The van der Waals surface area contributed by atoms with E-state index in [0.29, 0.717) is 5.41 Å². The van der Waals surface area contributed by atoms with Crippen molar-refractivity contribution in [2.45, 2.75) is 40.0 Å². The zero-order chi connectivity index (χ0) is 11.3. The summed E-state index contributed by atoms with van der Waals surface area (Å²) in [5.74, 6) is 0. The Balaban J connectivity index is 2.51. The first-order chi connectivity index (χ1) is 7.11. The van der Waals surface area contributed by atoms with Gasteiger partial charge in [0.05, 0.1) is 11.2 Å². The average molecular weight is 226 g/mol. The van der Waals surface area contributed by atoms with Crippen LogP contribution in [0.25, 0.3) is 0 Å². The summed E-state index contributed by atoms with van der Waals surface area (Å²) in [7, 11) is 2.03. The Morgan fingerprint density at radius 1 is 1.53 bits per heavy atom. The van der Waals surface area contributed by atoms with Crippen molar-refractivity contribution >= 4 is 11.3 Å². The van der Waals surface area contributed by atoms with Crippen LogP contribution >= 0.6 is 11.3 Å². The molecule has 1 atom stereocenters. The third-order valence-corrected chi connectivity index (χ3v) is 4.25. The summed E-state index contributed by atoms with van der Waals surface area (Å²) in [5.41, 5.74) is 3.58. The van der Waals surface area contributed by atoms with Crippen molar-refractivity contribution in [1.29, 1.82) is 0 Å². The zero-order valence-electron chi connectivity index (χ0n) is 10.3. The number of aryl methyl sites for hydroxylation is 2. The van der Waals surface area contributed by atoms with Gasteiger partial charge >= 0.3 is 0 Å². The number of hydrogen-bond donors (Lipinski definition) is 1. The number of nitrogens with zero attached hydrogens (tertiary/aromatic N) is 1. The predicted molar refractivity (Wildman–Crippen MR) is 67.5 cm³/mol. The van der Waals surface area contributed by atoms with E-state index in [1.54, 1.807) is 11.3 Å². The van der Waals surface area contributed by atoms with Gasteiger partial charge in [0.25, 0.3) is 0 Å². The zero-order valence-corrected chi connectivity index (χ0v) is 11.1. The van der Waals surface area contributed by atoms with Gasteiger partial charge in [-0.1, -0.05) is 13.8 Å². The van der Waals surface area contributed by atoms with Gasteiger partial charge in [-0.3, -0.25) is 0 Å². The van der Waals surface area contributed by atoms with E-state index < -0.39 is 0 Å². The standard InChI is InChI=1S/C12H22N2S/c1-5-12(3,8-13-4)7-6-11-10(2)14-9-15-11/h9,13H,5-8H2,1-4H3. The molecular formula is C12H22N2S. The Bertz CT molecular complexity index is 296. The lowest BCUT2D eigenvalue weighted by molar-refractivity contribution is 0.277. The average Bonchev–Trinajstić information content (AvgIpc) is 2.62. The molecule has 1 aromatic rings. The van der Waals surface area contributed by atoms with Crippen LogP contribution in [-0.4, -0.2) is 18.6 Å². The van der Waals surface area contributed by atoms with Crippen molar-refractivity contribution in [3.05, 3.63) is 16.1 Å². The van der Waals surface area contributed by atoms with Crippen LogP contribution in [0.3, 0.4) is 0 Å². The Morgan fingerprint density at radius 2 is 2.27 bits per heavy atom. The molecular weight excluding hydrogens is 204 g/mol. The molecule has 1 rings (SSSR count). The van der Waals surface area contributed by atoms with Crippen molar-refractivity contribution in [2.24, 2.45) is 5.41 Å². The number of thiazole rings is 1. The van der Waals surface area contributed by atoms with Gasteiger partial charge in [0, 0.05) is 11.4 Å². The Hall–Kier alpha value is -0.410. The van der Waals surface area contributed by atoms with E-state index in [1.807, 2.05) is 12.6 Å². The number of rotatable bonds is 6. The third kappa shape index (κ3) is 3.58.